The third kappa shape index (κ3) is 5.24. The van der Waals surface area contributed by atoms with Crippen LogP contribution in [-0.4, -0.2) is 30.5 Å². The van der Waals surface area contributed by atoms with Crippen molar-refractivity contribution in [3.8, 4) is 0 Å². The van der Waals surface area contributed by atoms with Crippen LogP contribution in [0.3, 0.4) is 0 Å². The molecule has 0 radical (unpaired) electrons. The van der Waals surface area contributed by atoms with E-state index in [1.165, 1.54) is 6.07 Å². The number of hydrogen-bond donors (Lipinski definition) is 1. The maximum Gasteiger partial charge on any atom is 0.388 e. The number of halogens is 1. The fourth-order valence-electron chi connectivity index (χ4n) is 1.49. The number of benzene rings is 1. The first-order valence-electron chi connectivity index (χ1n) is 6.59. The van der Waals surface area contributed by atoms with Crippen LogP contribution >= 0.6 is 23.5 Å². The third-order valence-corrected chi connectivity index (χ3v) is 5.10. The van der Waals surface area contributed by atoms with Crippen LogP contribution in [0.25, 0.3) is 0 Å². The average molecular weight is 407 g/mol. The highest BCUT2D eigenvalue weighted by Crippen LogP contribution is 2.49. The molecule has 2 N–H and O–H groups in total. The fraction of sp³-hybridized carbons (Fsp3) is 0.308. The van der Waals surface area contributed by atoms with Gasteiger partial charge in [-0.1, -0.05) is 17.3 Å². The Morgan fingerprint density at radius 3 is 2.26 bits per heavy atom. The molecule has 1 rings (SSSR count). The highest BCUT2D eigenvalue weighted by atomic mass is 79.9. The smallest absolute Gasteiger partial charge is 0.364 e. The molecule has 126 valence electrons. The standard InChI is InChI=1S/C13H16BrN2O6P/c1-3-20-23(19,21-4-2)12(11(15)17)16-22-13(18)9-7-5-6-8-10(9)14/h5-8H,3-4H2,1-2H3,(H2,15,17). The van der Waals surface area contributed by atoms with Crippen LogP contribution in [-0.2, 0) is 23.2 Å². The van der Waals surface area contributed by atoms with Gasteiger partial charge in [-0.05, 0) is 41.9 Å². The molecule has 1 aromatic carbocycles. The minimum absolute atomic E-state index is 0.0121. The van der Waals surface area contributed by atoms with Gasteiger partial charge in [-0.3, -0.25) is 9.36 Å². The predicted octanol–water partition coefficient (Wildman–Crippen LogP) is 2.67. The number of nitrogens with two attached hydrogens (primary N) is 1. The van der Waals surface area contributed by atoms with Crippen LogP contribution in [0.4, 0.5) is 0 Å². The number of amides is 1. The lowest BCUT2D eigenvalue weighted by molar-refractivity contribution is -0.111. The molecule has 0 saturated carbocycles. The zero-order chi connectivity index (χ0) is 17.5. The SMILES string of the molecule is CCOP(=O)(OCC)C(=NOC(=O)c1ccccc1Br)C(N)=O. The average Bonchev–Trinajstić information content (AvgIpc) is 2.47. The van der Waals surface area contributed by atoms with Gasteiger partial charge >= 0.3 is 13.6 Å². The normalized spacial score (nSPS) is 12.0. The van der Waals surface area contributed by atoms with E-state index in [4.69, 9.17) is 14.8 Å². The van der Waals surface area contributed by atoms with E-state index in [1.54, 1.807) is 32.0 Å². The summed E-state index contributed by atoms with van der Waals surface area (Å²) in [5, 5.41) is 3.31. The second-order valence-electron chi connectivity index (χ2n) is 3.97. The lowest BCUT2D eigenvalue weighted by Crippen LogP contribution is -2.26. The second kappa shape index (κ2) is 8.93. The van der Waals surface area contributed by atoms with Gasteiger partial charge in [0.2, 0.25) is 0 Å². The number of carbonyl (C=O) groups is 2. The monoisotopic (exact) mass is 406 g/mol. The molecule has 0 bridgehead atoms. The molecule has 0 spiro atoms. The van der Waals surface area contributed by atoms with E-state index in [0.29, 0.717) is 4.47 Å². The number of hydrogen-bond acceptors (Lipinski definition) is 7. The minimum Gasteiger partial charge on any atom is -0.364 e. The van der Waals surface area contributed by atoms with E-state index < -0.39 is 24.9 Å². The van der Waals surface area contributed by atoms with Crippen LogP contribution < -0.4 is 5.73 Å². The molecular formula is C13H16BrN2O6P. The fourth-order valence-corrected chi connectivity index (χ4v) is 3.35. The molecule has 0 aliphatic heterocycles. The molecule has 0 heterocycles. The van der Waals surface area contributed by atoms with Gasteiger partial charge in [-0.25, -0.2) is 4.79 Å². The van der Waals surface area contributed by atoms with Crippen molar-refractivity contribution in [2.24, 2.45) is 10.9 Å². The predicted molar refractivity (Wildman–Crippen MR) is 87.0 cm³/mol. The first kappa shape index (κ1) is 19.5. The molecule has 0 unspecified atom stereocenters. The third-order valence-electron chi connectivity index (χ3n) is 2.39. The molecule has 8 nitrogen and oxygen atoms in total. The summed E-state index contributed by atoms with van der Waals surface area (Å²) < 4.78 is 22.9. The van der Waals surface area contributed by atoms with Gasteiger partial charge in [0.15, 0.2) is 0 Å². The summed E-state index contributed by atoms with van der Waals surface area (Å²) in [4.78, 5) is 28.1. The van der Waals surface area contributed by atoms with E-state index >= 15 is 0 Å². The molecule has 1 aromatic rings. The Kier molecular flexibility index (Phi) is 7.57. The molecule has 0 aliphatic carbocycles. The largest absolute Gasteiger partial charge is 0.388 e. The Balaban J connectivity index is 3.08. The summed E-state index contributed by atoms with van der Waals surface area (Å²) in [5.41, 5.74) is 4.53. The number of rotatable bonds is 8. The zero-order valence-corrected chi connectivity index (χ0v) is 15.0. The van der Waals surface area contributed by atoms with Gasteiger partial charge in [0, 0.05) is 4.47 Å². The molecule has 0 fully saturated rings. The molecule has 0 saturated heterocycles. The minimum atomic E-state index is -4.06. The van der Waals surface area contributed by atoms with Crippen molar-refractivity contribution < 1.29 is 28.0 Å². The lowest BCUT2D eigenvalue weighted by Gasteiger charge is -2.16. The molecular weight excluding hydrogens is 391 g/mol. The van der Waals surface area contributed by atoms with E-state index in [0.717, 1.165) is 0 Å². The van der Waals surface area contributed by atoms with Crippen LogP contribution in [0.1, 0.15) is 24.2 Å². The molecule has 0 aromatic heterocycles. The Bertz CT molecular complexity index is 654. The van der Waals surface area contributed by atoms with E-state index in [9.17, 15) is 14.2 Å². The second-order valence-corrected chi connectivity index (χ2v) is 6.76. The van der Waals surface area contributed by atoms with E-state index in [-0.39, 0.29) is 18.8 Å². The first-order chi connectivity index (χ1) is 10.9. The van der Waals surface area contributed by atoms with Gasteiger partial charge in [-0.15, -0.1) is 0 Å². The summed E-state index contributed by atoms with van der Waals surface area (Å²) in [6, 6.07) is 6.43. The van der Waals surface area contributed by atoms with Crippen LogP contribution in [0.5, 0.6) is 0 Å². The van der Waals surface area contributed by atoms with Crippen molar-refractivity contribution in [2.45, 2.75) is 13.8 Å². The number of nitrogens with zero attached hydrogens (tertiary/aromatic N) is 1. The Morgan fingerprint density at radius 1 is 1.22 bits per heavy atom. The van der Waals surface area contributed by atoms with Crippen molar-refractivity contribution in [3.63, 3.8) is 0 Å². The highest BCUT2D eigenvalue weighted by molar-refractivity contribution is 9.10. The number of oxime groups is 1. The summed E-state index contributed by atoms with van der Waals surface area (Å²) in [5.74, 6) is -2.04. The quantitative estimate of drug-likeness (QED) is 0.307. The highest BCUT2D eigenvalue weighted by Gasteiger charge is 2.37. The zero-order valence-electron chi connectivity index (χ0n) is 12.5. The Labute approximate surface area is 141 Å². The molecule has 1 amide bonds. The molecule has 10 heteroatoms. The van der Waals surface area contributed by atoms with Crippen LogP contribution in [0.15, 0.2) is 33.9 Å². The maximum atomic E-state index is 12.5. The Morgan fingerprint density at radius 2 is 1.78 bits per heavy atom. The van der Waals surface area contributed by atoms with E-state index in [2.05, 4.69) is 25.9 Å². The van der Waals surface area contributed by atoms with Gasteiger partial charge in [-0.2, -0.15) is 0 Å². The summed E-state index contributed by atoms with van der Waals surface area (Å²) in [6.07, 6.45) is 0. The van der Waals surface area contributed by atoms with Crippen LogP contribution in [0.2, 0.25) is 0 Å². The Hall–Kier alpha value is -1.54. The first-order valence-corrected chi connectivity index (χ1v) is 8.92. The van der Waals surface area contributed by atoms with Gasteiger partial charge in [0.05, 0.1) is 18.8 Å². The van der Waals surface area contributed by atoms with Crippen molar-refractivity contribution >= 4 is 40.9 Å². The molecule has 0 aliphatic rings. The van der Waals surface area contributed by atoms with Crippen molar-refractivity contribution in [2.75, 3.05) is 13.2 Å². The lowest BCUT2D eigenvalue weighted by atomic mass is 10.2. The van der Waals surface area contributed by atoms with Gasteiger partial charge < -0.3 is 19.6 Å². The molecule has 23 heavy (non-hydrogen) atoms. The topological polar surface area (TPSA) is 117 Å². The van der Waals surface area contributed by atoms with Crippen LogP contribution in [0, 0.1) is 0 Å². The van der Waals surface area contributed by atoms with Crippen molar-refractivity contribution in [1.29, 1.82) is 0 Å². The summed E-state index contributed by atoms with van der Waals surface area (Å²) >= 11 is 3.18. The molecule has 0 atom stereocenters. The summed E-state index contributed by atoms with van der Waals surface area (Å²) in [6.45, 7) is 3.08. The maximum absolute atomic E-state index is 12.5. The number of carbonyl (C=O) groups excluding carboxylic acids is 2. The van der Waals surface area contributed by atoms with Gasteiger partial charge in [0.1, 0.15) is 0 Å². The van der Waals surface area contributed by atoms with Gasteiger partial charge in [0.25, 0.3) is 11.4 Å². The van der Waals surface area contributed by atoms with E-state index in [1.807, 2.05) is 0 Å². The van der Waals surface area contributed by atoms with Crippen molar-refractivity contribution in [3.05, 3.63) is 34.3 Å². The number of primary amides is 1. The van der Waals surface area contributed by atoms with Crippen molar-refractivity contribution in [1.82, 2.24) is 0 Å². The summed E-state index contributed by atoms with van der Waals surface area (Å²) in [7, 11) is -4.06.